The highest BCUT2D eigenvalue weighted by molar-refractivity contribution is 5.21. The average molecular weight is 142 g/mol. The maximum Gasteiger partial charge on any atom is 0.129 e. The maximum atomic E-state index is 4.77. The second-order valence-electron chi connectivity index (χ2n) is 2.51. The largest absolute Gasteiger partial charge is 0.395 e. The van der Waals surface area contributed by atoms with Gasteiger partial charge in [-0.15, -0.1) is 5.16 Å². The summed E-state index contributed by atoms with van der Waals surface area (Å²) in [5, 5.41) is 3.32. The van der Waals surface area contributed by atoms with E-state index < -0.39 is 0 Å². The third-order valence-electron chi connectivity index (χ3n) is 1.79. The zero-order chi connectivity index (χ0) is 7.23. The van der Waals surface area contributed by atoms with Gasteiger partial charge >= 0.3 is 0 Å². The third kappa shape index (κ3) is 2.35. The van der Waals surface area contributed by atoms with Crippen LogP contribution < -0.4 is 0 Å². The number of likely N-dealkylation sites (tertiary alicyclic amines) is 1. The van der Waals surface area contributed by atoms with Gasteiger partial charge in [0.15, 0.2) is 0 Å². The molecule has 0 unspecified atom stereocenters. The van der Waals surface area contributed by atoms with E-state index in [9.17, 15) is 0 Å². The molecule has 0 aromatic heterocycles. The van der Waals surface area contributed by atoms with E-state index in [1.165, 1.54) is 25.9 Å². The Morgan fingerprint density at radius 2 is 2.10 bits per heavy atom. The fraction of sp³-hybridized carbons (Fsp3) is 0.857. The molecule has 1 fully saturated rings. The van der Waals surface area contributed by atoms with Crippen molar-refractivity contribution >= 4 is 6.72 Å². The molecule has 3 heteroatoms. The highest BCUT2D eigenvalue weighted by Crippen LogP contribution is 2.05. The smallest absolute Gasteiger partial charge is 0.129 e. The van der Waals surface area contributed by atoms with Crippen molar-refractivity contribution in [2.24, 2.45) is 5.16 Å². The number of rotatable bonds is 4. The van der Waals surface area contributed by atoms with E-state index in [2.05, 4.69) is 16.8 Å². The maximum absolute atomic E-state index is 4.77. The Hall–Kier alpha value is -0.570. The molecule has 0 spiro atoms. The second kappa shape index (κ2) is 4.28. The lowest BCUT2D eigenvalue weighted by atomic mass is 10.4. The molecule has 0 bridgehead atoms. The quantitative estimate of drug-likeness (QED) is 0.328. The van der Waals surface area contributed by atoms with Crippen molar-refractivity contribution in [3.8, 4) is 0 Å². The molecular formula is C7H14N2O. The first kappa shape index (κ1) is 7.54. The molecule has 1 aliphatic heterocycles. The molecule has 1 heterocycles. The van der Waals surface area contributed by atoms with Crippen molar-refractivity contribution in [2.75, 3.05) is 26.2 Å². The monoisotopic (exact) mass is 142 g/mol. The van der Waals surface area contributed by atoms with Gasteiger partial charge in [0, 0.05) is 13.3 Å². The van der Waals surface area contributed by atoms with Crippen LogP contribution in [0.5, 0.6) is 0 Å². The van der Waals surface area contributed by atoms with Gasteiger partial charge in [0.2, 0.25) is 0 Å². The Morgan fingerprint density at radius 3 is 2.70 bits per heavy atom. The number of hydrogen-bond donors (Lipinski definition) is 0. The van der Waals surface area contributed by atoms with Crippen LogP contribution in [0.4, 0.5) is 0 Å². The second-order valence-corrected chi connectivity index (χ2v) is 2.51. The molecule has 0 aromatic rings. The van der Waals surface area contributed by atoms with Crippen LogP contribution in [0.25, 0.3) is 0 Å². The van der Waals surface area contributed by atoms with Crippen LogP contribution >= 0.6 is 0 Å². The van der Waals surface area contributed by atoms with Crippen molar-refractivity contribution in [1.82, 2.24) is 4.90 Å². The molecule has 58 valence electrons. The Kier molecular flexibility index (Phi) is 3.22. The van der Waals surface area contributed by atoms with Crippen LogP contribution in [0.15, 0.2) is 5.16 Å². The van der Waals surface area contributed by atoms with Gasteiger partial charge in [-0.25, -0.2) is 0 Å². The van der Waals surface area contributed by atoms with Crippen molar-refractivity contribution in [2.45, 2.75) is 12.8 Å². The van der Waals surface area contributed by atoms with Crippen LogP contribution in [0, 0.1) is 0 Å². The molecule has 10 heavy (non-hydrogen) atoms. The molecule has 0 atom stereocenters. The lowest BCUT2D eigenvalue weighted by molar-refractivity contribution is 0.121. The van der Waals surface area contributed by atoms with Gasteiger partial charge in [-0.2, -0.15) is 0 Å². The summed E-state index contributed by atoms with van der Waals surface area (Å²) in [6.45, 7) is 7.36. The summed E-state index contributed by atoms with van der Waals surface area (Å²) < 4.78 is 0. The number of nitrogens with zero attached hydrogens (tertiary/aromatic N) is 2. The van der Waals surface area contributed by atoms with E-state index in [4.69, 9.17) is 4.84 Å². The molecule has 0 aliphatic carbocycles. The molecule has 1 saturated heterocycles. The molecule has 0 saturated carbocycles. The van der Waals surface area contributed by atoms with Gasteiger partial charge in [0.25, 0.3) is 0 Å². The van der Waals surface area contributed by atoms with Gasteiger partial charge in [0.05, 0.1) is 0 Å². The third-order valence-corrected chi connectivity index (χ3v) is 1.79. The lowest BCUT2D eigenvalue weighted by Crippen LogP contribution is -2.23. The number of oxime groups is 1. The van der Waals surface area contributed by atoms with Crippen LogP contribution in [0.2, 0.25) is 0 Å². The zero-order valence-corrected chi connectivity index (χ0v) is 6.25. The summed E-state index contributed by atoms with van der Waals surface area (Å²) in [5.41, 5.74) is 0. The lowest BCUT2D eigenvalue weighted by Gasteiger charge is -2.12. The summed E-state index contributed by atoms with van der Waals surface area (Å²) in [6, 6.07) is 0. The molecule has 1 aliphatic rings. The Bertz CT molecular complexity index is 99.8. The fourth-order valence-corrected chi connectivity index (χ4v) is 1.24. The molecule has 0 N–H and O–H groups in total. The van der Waals surface area contributed by atoms with E-state index in [1.54, 1.807) is 0 Å². The van der Waals surface area contributed by atoms with Crippen LogP contribution in [0.1, 0.15) is 12.8 Å². The molecule has 0 aromatic carbocycles. The van der Waals surface area contributed by atoms with Gasteiger partial charge in [-0.1, -0.05) is 0 Å². The van der Waals surface area contributed by atoms with Crippen molar-refractivity contribution in [1.29, 1.82) is 0 Å². The Labute approximate surface area is 61.6 Å². The first-order chi connectivity index (χ1) is 4.93. The predicted octanol–water partition coefficient (Wildman–Crippen LogP) is 0.714. The highest BCUT2D eigenvalue weighted by Gasteiger charge is 2.09. The van der Waals surface area contributed by atoms with Crippen LogP contribution in [-0.4, -0.2) is 37.9 Å². The van der Waals surface area contributed by atoms with Crippen LogP contribution in [0.3, 0.4) is 0 Å². The minimum absolute atomic E-state index is 0.684. The number of hydrogen-bond acceptors (Lipinski definition) is 3. The Balaban J connectivity index is 1.96. The van der Waals surface area contributed by atoms with Gasteiger partial charge < -0.3 is 4.84 Å². The fourth-order valence-electron chi connectivity index (χ4n) is 1.24. The van der Waals surface area contributed by atoms with Gasteiger partial charge in [0.1, 0.15) is 6.61 Å². The topological polar surface area (TPSA) is 24.8 Å². The summed E-state index contributed by atoms with van der Waals surface area (Å²) in [6.07, 6.45) is 2.67. The molecule has 0 amide bonds. The molecule has 0 radical (unpaired) electrons. The van der Waals surface area contributed by atoms with Gasteiger partial charge in [-0.05, 0) is 25.9 Å². The molecule has 3 nitrogen and oxygen atoms in total. The van der Waals surface area contributed by atoms with Crippen molar-refractivity contribution in [3.63, 3.8) is 0 Å². The summed E-state index contributed by atoms with van der Waals surface area (Å²) in [5.74, 6) is 0. The standard InChI is InChI=1S/C7H14N2O/c1-8-10-7-6-9-4-2-3-5-9/h1-7H2. The molecular weight excluding hydrogens is 128 g/mol. The molecule has 1 rings (SSSR count). The van der Waals surface area contributed by atoms with E-state index in [0.717, 1.165) is 6.54 Å². The van der Waals surface area contributed by atoms with Crippen molar-refractivity contribution < 1.29 is 4.84 Å². The van der Waals surface area contributed by atoms with E-state index in [0.29, 0.717) is 6.61 Å². The van der Waals surface area contributed by atoms with E-state index in [-0.39, 0.29) is 0 Å². The first-order valence-electron chi connectivity index (χ1n) is 3.74. The first-order valence-corrected chi connectivity index (χ1v) is 3.74. The van der Waals surface area contributed by atoms with Crippen LogP contribution in [-0.2, 0) is 4.84 Å². The van der Waals surface area contributed by atoms with E-state index >= 15 is 0 Å². The average Bonchev–Trinajstić information content (AvgIpc) is 2.41. The Morgan fingerprint density at radius 1 is 1.40 bits per heavy atom. The van der Waals surface area contributed by atoms with E-state index in [1.807, 2.05) is 0 Å². The predicted molar refractivity (Wildman–Crippen MR) is 41.2 cm³/mol. The minimum atomic E-state index is 0.684. The van der Waals surface area contributed by atoms with Crippen molar-refractivity contribution in [3.05, 3.63) is 0 Å². The normalized spacial score (nSPS) is 19.2. The zero-order valence-electron chi connectivity index (χ0n) is 6.25. The SMILES string of the molecule is C=NOCCN1CCCC1. The summed E-state index contributed by atoms with van der Waals surface area (Å²) in [4.78, 5) is 7.15. The summed E-state index contributed by atoms with van der Waals surface area (Å²) >= 11 is 0. The van der Waals surface area contributed by atoms with Gasteiger partial charge in [-0.3, -0.25) is 4.90 Å². The minimum Gasteiger partial charge on any atom is -0.395 e. The summed E-state index contributed by atoms with van der Waals surface area (Å²) in [7, 11) is 0. The highest BCUT2D eigenvalue weighted by atomic mass is 16.6.